The Morgan fingerprint density at radius 1 is 1.39 bits per heavy atom. The molecule has 0 aliphatic carbocycles. The lowest BCUT2D eigenvalue weighted by Gasteiger charge is -2.22. The number of carbonyl (C=O) groups is 1. The van der Waals surface area contributed by atoms with Crippen LogP contribution in [-0.4, -0.2) is 40.2 Å². The highest BCUT2D eigenvalue weighted by Crippen LogP contribution is 2.30. The van der Waals surface area contributed by atoms with Crippen LogP contribution in [0, 0.1) is 12.3 Å². The Kier molecular flexibility index (Phi) is 4.17. The standard InChI is InChI=1S/C17H21ClN4O/c1-12-15(16(23)21-8-7-17(2,10-19)11-21)9-20-22(12)14-5-3-13(18)4-6-14/h3-6,9H,7-8,10-11,19H2,1-2H3. The monoisotopic (exact) mass is 332 g/mol. The zero-order valence-electron chi connectivity index (χ0n) is 13.4. The number of hydrogen-bond acceptors (Lipinski definition) is 3. The molecule has 3 rings (SSSR count). The first kappa shape index (κ1) is 16.0. The molecule has 122 valence electrons. The van der Waals surface area contributed by atoms with E-state index in [1.807, 2.05) is 36.1 Å². The molecular weight excluding hydrogens is 312 g/mol. The molecule has 0 spiro atoms. The van der Waals surface area contributed by atoms with Crippen LogP contribution in [0.5, 0.6) is 0 Å². The van der Waals surface area contributed by atoms with Crippen molar-refractivity contribution in [3.63, 3.8) is 0 Å². The molecule has 1 unspecified atom stereocenters. The molecule has 1 aliphatic rings. The lowest BCUT2D eigenvalue weighted by atomic mass is 9.90. The second-order valence-corrected chi connectivity index (χ2v) is 6.96. The van der Waals surface area contributed by atoms with Gasteiger partial charge in [-0.1, -0.05) is 18.5 Å². The number of likely N-dealkylation sites (tertiary alicyclic amines) is 1. The summed E-state index contributed by atoms with van der Waals surface area (Å²) in [5, 5.41) is 5.04. The van der Waals surface area contributed by atoms with Crippen molar-refractivity contribution < 1.29 is 4.79 Å². The number of nitrogens with two attached hydrogens (primary N) is 1. The minimum Gasteiger partial charge on any atom is -0.338 e. The number of rotatable bonds is 3. The molecule has 23 heavy (non-hydrogen) atoms. The van der Waals surface area contributed by atoms with Crippen molar-refractivity contribution in [3.8, 4) is 5.69 Å². The lowest BCUT2D eigenvalue weighted by Crippen LogP contribution is -2.34. The maximum Gasteiger partial charge on any atom is 0.257 e. The fourth-order valence-electron chi connectivity index (χ4n) is 3.00. The first-order chi connectivity index (χ1) is 10.9. The number of benzene rings is 1. The van der Waals surface area contributed by atoms with Gasteiger partial charge in [0.2, 0.25) is 0 Å². The van der Waals surface area contributed by atoms with Crippen molar-refractivity contribution in [2.75, 3.05) is 19.6 Å². The van der Waals surface area contributed by atoms with Gasteiger partial charge >= 0.3 is 0 Å². The molecule has 5 nitrogen and oxygen atoms in total. The van der Waals surface area contributed by atoms with Gasteiger partial charge in [0.15, 0.2) is 0 Å². The van der Waals surface area contributed by atoms with Crippen LogP contribution in [0.4, 0.5) is 0 Å². The average Bonchev–Trinajstić information content (AvgIpc) is 3.12. The van der Waals surface area contributed by atoms with Crippen molar-refractivity contribution in [2.45, 2.75) is 20.3 Å². The van der Waals surface area contributed by atoms with E-state index in [0.717, 1.165) is 24.3 Å². The van der Waals surface area contributed by atoms with Crippen LogP contribution in [0.1, 0.15) is 29.4 Å². The van der Waals surface area contributed by atoms with Crippen LogP contribution >= 0.6 is 11.6 Å². The summed E-state index contributed by atoms with van der Waals surface area (Å²) in [6.07, 6.45) is 2.59. The first-order valence-electron chi connectivity index (χ1n) is 7.73. The number of amides is 1. The third-order valence-corrected chi connectivity index (χ3v) is 4.90. The molecule has 1 aliphatic heterocycles. The Bertz CT molecular complexity index is 725. The van der Waals surface area contributed by atoms with Crippen LogP contribution in [0.15, 0.2) is 30.5 Å². The average molecular weight is 333 g/mol. The normalized spacial score (nSPS) is 21.0. The van der Waals surface area contributed by atoms with Crippen LogP contribution in [-0.2, 0) is 0 Å². The highest BCUT2D eigenvalue weighted by atomic mass is 35.5. The molecule has 2 heterocycles. The quantitative estimate of drug-likeness (QED) is 0.939. The Morgan fingerprint density at radius 2 is 2.09 bits per heavy atom. The topological polar surface area (TPSA) is 64.2 Å². The third kappa shape index (κ3) is 2.99. The largest absolute Gasteiger partial charge is 0.338 e. The Labute approximate surface area is 141 Å². The summed E-state index contributed by atoms with van der Waals surface area (Å²) in [6.45, 7) is 6.09. The maximum absolute atomic E-state index is 12.8. The molecule has 1 aromatic carbocycles. The van der Waals surface area contributed by atoms with Gasteiger partial charge in [-0.3, -0.25) is 4.79 Å². The summed E-state index contributed by atoms with van der Waals surface area (Å²) < 4.78 is 1.77. The van der Waals surface area contributed by atoms with Crippen molar-refractivity contribution >= 4 is 17.5 Å². The second kappa shape index (κ2) is 5.98. The fourth-order valence-corrected chi connectivity index (χ4v) is 3.12. The zero-order chi connectivity index (χ0) is 16.6. The molecule has 1 amide bonds. The predicted octanol–water partition coefficient (Wildman–Crippen LogP) is 2.65. The Balaban J connectivity index is 1.85. The Hall–Kier alpha value is -1.85. The van der Waals surface area contributed by atoms with Gasteiger partial charge in [0.1, 0.15) is 0 Å². The van der Waals surface area contributed by atoms with E-state index < -0.39 is 0 Å². The number of aromatic nitrogens is 2. The molecular formula is C17H21ClN4O. The molecule has 0 radical (unpaired) electrons. The summed E-state index contributed by atoms with van der Waals surface area (Å²) in [5.41, 5.74) is 8.21. The van der Waals surface area contributed by atoms with Crippen molar-refractivity contribution in [2.24, 2.45) is 11.1 Å². The summed E-state index contributed by atoms with van der Waals surface area (Å²) in [6, 6.07) is 7.40. The van der Waals surface area contributed by atoms with Gasteiger partial charge in [-0.2, -0.15) is 5.10 Å². The summed E-state index contributed by atoms with van der Waals surface area (Å²) >= 11 is 5.92. The number of halogens is 1. The molecule has 1 atom stereocenters. The molecule has 6 heteroatoms. The van der Waals surface area contributed by atoms with E-state index >= 15 is 0 Å². The van der Waals surface area contributed by atoms with E-state index in [1.54, 1.807) is 10.9 Å². The highest BCUT2D eigenvalue weighted by Gasteiger charge is 2.36. The molecule has 1 aromatic heterocycles. The van der Waals surface area contributed by atoms with E-state index in [2.05, 4.69) is 12.0 Å². The molecule has 2 aromatic rings. The fraction of sp³-hybridized carbons (Fsp3) is 0.412. The van der Waals surface area contributed by atoms with Gasteiger partial charge in [0.05, 0.1) is 23.1 Å². The third-order valence-electron chi connectivity index (χ3n) is 4.65. The van der Waals surface area contributed by atoms with Gasteiger partial charge in [0.25, 0.3) is 5.91 Å². The SMILES string of the molecule is Cc1c(C(=O)N2CCC(C)(CN)C2)cnn1-c1ccc(Cl)cc1. The smallest absolute Gasteiger partial charge is 0.257 e. The van der Waals surface area contributed by atoms with Gasteiger partial charge in [-0.15, -0.1) is 0 Å². The van der Waals surface area contributed by atoms with E-state index in [0.29, 0.717) is 23.7 Å². The van der Waals surface area contributed by atoms with Crippen molar-refractivity contribution in [3.05, 3.63) is 46.7 Å². The zero-order valence-corrected chi connectivity index (χ0v) is 14.2. The summed E-state index contributed by atoms with van der Waals surface area (Å²) in [5.74, 6) is 0.0277. The van der Waals surface area contributed by atoms with E-state index in [9.17, 15) is 4.79 Å². The first-order valence-corrected chi connectivity index (χ1v) is 8.11. The summed E-state index contributed by atoms with van der Waals surface area (Å²) in [7, 11) is 0. The lowest BCUT2D eigenvalue weighted by molar-refractivity contribution is 0.0776. The molecule has 0 bridgehead atoms. The minimum atomic E-state index is 0.0235. The van der Waals surface area contributed by atoms with Gasteiger partial charge in [0, 0.05) is 18.1 Å². The number of carbonyl (C=O) groups excluding carboxylic acids is 1. The van der Waals surface area contributed by atoms with Crippen LogP contribution in [0.3, 0.4) is 0 Å². The second-order valence-electron chi connectivity index (χ2n) is 6.52. The minimum absolute atomic E-state index is 0.0235. The molecule has 1 saturated heterocycles. The van der Waals surface area contributed by atoms with Crippen LogP contribution in [0.25, 0.3) is 5.69 Å². The van der Waals surface area contributed by atoms with Gasteiger partial charge < -0.3 is 10.6 Å². The van der Waals surface area contributed by atoms with Crippen molar-refractivity contribution in [1.82, 2.24) is 14.7 Å². The van der Waals surface area contributed by atoms with Crippen LogP contribution < -0.4 is 5.73 Å². The van der Waals surface area contributed by atoms with Gasteiger partial charge in [-0.05, 0) is 49.6 Å². The number of hydrogen-bond donors (Lipinski definition) is 1. The van der Waals surface area contributed by atoms with Crippen LogP contribution in [0.2, 0.25) is 5.02 Å². The van der Waals surface area contributed by atoms with Crippen molar-refractivity contribution in [1.29, 1.82) is 0 Å². The Morgan fingerprint density at radius 3 is 2.70 bits per heavy atom. The number of nitrogens with zero attached hydrogens (tertiary/aromatic N) is 3. The van der Waals surface area contributed by atoms with E-state index in [4.69, 9.17) is 17.3 Å². The van der Waals surface area contributed by atoms with E-state index in [1.165, 1.54) is 0 Å². The summed E-state index contributed by atoms with van der Waals surface area (Å²) in [4.78, 5) is 14.7. The highest BCUT2D eigenvalue weighted by molar-refractivity contribution is 6.30. The van der Waals surface area contributed by atoms with Gasteiger partial charge in [-0.25, -0.2) is 4.68 Å². The molecule has 2 N–H and O–H groups in total. The maximum atomic E-state index is 12.8. The van der Waals surface area contributed by atoms with E-state index in [-0.39, 0.29) is 11.3 Å². The molecule has 1 fully saturated rings. The molecule has 0 saturated carbocycles. The predicted molar refractivity (Wildman–Crippen MR) is 91.0 cm³/mol.